The number of nitrogens with one attached hydrogen (secondary N) is 1. The summed E-state index contributed by atoms with van der Waals surface area (Å²) < 4.78 is 15.5. The molecule has 2 aromatic carbocycles. The minimum Gasteiger partial charge on any atom is -0.355 e. The van der Waals surface area contributed by atoms with Gasteiger partial charge in [0, 0.05) is 6.54 Å². The third kappa shape index (κ3) is 3.94. The molecule has 1 aliphatic carbocycles. The Bertz CT molecular complexity index is 1110. The van der Waals surface area contributed by atoms with E-state index in [0.717, 1.165) is 12.8 Å². The van der Waals surface area contributed by atoms with E-state index >= 15 is 0 Å². The van der Waals surface area contributed by atoms with E-state index < -0.39 is 5.82 Å². The average Bonchev–Trinajstić information content (AvgIpc) is 3.52. The van der Waals surface area contributed by atoms with Crippen molar-refractivity contribution in [1.82, 2.24) is 14.9 Å². The number of carbonyl (C=O) groups is 1. The zero-order chi connectivity index (χ0) is 19.7. The number of carbonyl (C=O) groups excluding carboxylic acids is 1. The summed E-state index contributed by atoms with van der Waals surface area (Å²) in [6.07, 6.45) is 2.33. The molecule has 1 aliphatic rings. The highest BCUT2D eigenvalue weighted by molar-refractivity contribution is 7.99. The summed E-state index contributed by atoms with van der Waals surface area (Å²) in [6, 6.07) is 11.7. The van der Waals surface area contributed by atoms with E-state index in [4.69, 9.17) is 0 Å². The highest BCUT2D eigenvalue weighted by Gasteiger charge is 2.22. The molecule has 1 amide bonds. The second-order valence-corrected chi connectivity index (χ2v) is 7.96. The molecule has 1 fully saturated rings. The maximum absolute atomic E-state index is 14.1. The molecule has 0 aliphatic heterocycles. The quantitative estimate of drug-likeness (QED) is 0.511. The van der Waals surface area contributed by atoms with Crippen LogP contribution in [0.5, 0.6) is 0 Å². The van der Waals surface area contributed by atoms with Crippen LogP contribution in [0.2, 0.25) is 0 Å². The van der Waals surface area contributed by atoms with Crippen molar-refractivity contribution in [2.45, 2.75) is 24.9 Å². The van der Waals surface area contributed by atoms with Crippen LogP contribution in [0.25, 0.3) is 16.6 Å². The Morgan fingerprint density at radius 1 is 1.29 bits per heavy atom. The van der Waals surface area contributed by atoms with Crippen LogP contribution < -0.4 is 10.9 Å². The monoisotopic (exact) mass is 397 g/mol. The predicted molar refractivity (Wildman–Crippen MR) is 108 cm³/mol. The number of halogens is 1. The fourth-order valence-corrected chi connectivity index (χ4v) is 3.76. The largest absolute Gasteiger partial charge is 0.355 e. The van der Waals surface area contributed by atoms with Crippen molar-refractivity contribution >= 4 is 28.6 Å². The minimum atomic E-state index is -0.393. The molecule has 4 rings (SSSR count). The van der Waals surface area contributed by atoms with Crippen molar-refractivity contribution in [1.29, 1.82) is 0 Å². The van der Waals surface area contributed by atoms with Crippen molar-refractivity contribution < 1.29 is 9.18 Å². The van der Waals surface area contributed by atoms with Gasteiger partial charge in [-0.1, -0.05) is 30.0 Å². The second kappa shape index (κ2) is 7.75. The number of benzene rings is 2. The summed E-state index contributed by atoms with van der Waals surface area (Å²) in [4.78, 5) is 29.8. The summed E-state index contributed by atoms with van der Waals surface area (Å²) in [6.45, 7) is 2.36. The van der Waals surface area contributed by atoms with Crippen molar-refractivity contribution in [3.8, 4) is 5.69 Å². The molecule has 5 nitrogen and oxygen atoms in total. The number of aromatic nitrogens is 2. The molecule has 1 N–H and O–H groups in total. The van der Waals surface area contributed by atoms with Crippen LogP contribution in [-0.4, -0.2) is 27.8 Å². The number of para-hydroxylation sites is 1. The van der Waals surface area contributed by atoms with Gasteiger partial charge in [0.2, 0.25) is 5.91 Å². The highest BCUT2D eigenvalue weighted by Crippen LogP contribution is 2.27. The molecular formula is C21H20FN3O2S. The third-order valence-electron chi connectivity index (χ3n) is 4.78. The van der Waals surface area contributed by atoms with Crippen LogP contribution in [0.3, 0.4) is 0 Å². The summed E-state index contributed by atoms with van der Waals surface area (Å²) in [5.41, 5.74) is 1.17. The Morgan fingerprint density at radius 2 is 2.07 bits per heavy atom. The van der Waals surface area contributed by atoms with E-state index in [2.05, 4.69) is 10.3 Å². The summed E-state index contributed by atoms with van der Waals surface area (Å²) in [7, 11) is 0. The lowest BCUT2D eigenvalue weighted by Gasteiger charge is -2.14. The number of thioether (sulfide) groups is 1. The standard InChI is InChI=1S/C21H20FN3O2S/c1-13-6-9-15(10-17(13)22)25-20(27)16-4-2-3-5-18(16)24-21(25)28-12-19(26)23-11-14-7-8-14/h2-6,9-10,14H,7-8,11-12H2,1H3,(H,23,26). The van der Waals surface area contributed by atoms with Crippen LogP contribution in [0.15, 0.2) is 52.4 Å². The Balaban J connectivity index is 1.71. The van der Waals surface area contributed by atoms with Crippen LogP contribution in [0, 0.1) is 18.7 Å². The fraction of sp³-hybridized carbons (Fsp3) is 0.286. The van der Waals surface area contributed by atoms with E-state index in [1.165, 1.54) is 22.4 Å². The SMILES string of the molecule is Cc1ccc(-n2c(SCC(=O)NCC3CC3)nc3ccccc3c2=O)cc1F. The lowest BCUT2D eigenvalue weighted by Crippen LogP contribution is -2.28. The van der Waals surface area contributed by atoms with Crippen LogP contribution >= 0.6 is 11.8 Å². The third-order valence-corrected chi connectivity index (χ3v) is 5.71. The summed E-state index contributed by atoms with van der Waals surface area (Å²) in [5, 5.41) is 3.73. The van der Waals surface area contributed by atoms with Gasteiger partial charge in [-0.2, -0.15) is 0 Å². The number of aryl methyl sites for hydroxylation is 1. The van der Waals surface area contributed by atoms with Gasteiger partial charge in [-0.3, -0.25) is 14.2 Å². The number of nitrogens with zero attached hydrogens (tertiary/aromatic N) is 2. The molecule has 7 heteroatoms. The van der Waals surface area contributed by atoms with Crippen LogP contribution in [0.4, 0.5) is 4.39 Å². The van der Waals surface area contributed by atoms with Gasteiger partial charge < -0.3 is 5.32 Å². The van der Waals surface area contributed by atoms with E-state index in [9.17, 15) is 14.0 Å². The van der Waals surface area contributed by atoms with Gasteiger partial charge in [0.25, 0.3) is 5.56 Å². The molecule has 3 aromatic rings. The molecule has 0 spiro atoms. The molecule has 0 unspecified atom stereocenters. The zero-order valence-electron chi connectivity index (χ0n) is 15.4. The fourth-order valence-electron chi connectivity index (χ4n) is 2.92. The van der Waals surface area contributed by atoms with Gasteiger partial charge in [0.05, 0.1) is 22.3 Å². The Labute approximate surface area is 166 Å². The minimum absolute atomic E-state index is 0.0963. The molecule has 0 bridgehead atoms. The van der Waals surface area contributed by atoms with E-state index in [1.807, 2.05) is 0 Å². The van der Waals surface area contributed by atoms with Crippen molar-refractivity contribution in [3.05, 3.63) is 64.2 Å². The van der Waals surface area contributed by atoms with E-state index in [-0.39, 0.29) is 17.2 Å². The highest BCUT2D eigenvalue weighted by atomic mass is 32.2. The second-order valence-electron chi connectivity index (χ2n) is 7.02. The predicted octanol–water partition coefficient (Wildman–Crippen LogP) is 3.45. The molecule has 1 saturated carbocycles. The average molecular weight is 397 g/mol. The molecule has 0 radical (unpaired) electrons. The maximum Gasteiger partial charge on any atom is 0.266 e. The number of amides is 1. The first-order chi connectivity index (χ1) is 13.5. The van der Waals surface area contributed by atoms with Gasteiger partial charge >= 0.3 is 0 Å². The number of fused-ring (bicyclic) bond motifs is 1. The Kier molecular flexibility index (Phi) is 5.17. The molecule has 144 valence electrons. The first kappa shape index (κ1) is 18.7. The van der Waals surface area contributed by atoms with Crippen molar-refractivity contribution in [3.63, 3.8) is 0 Å². The van der Waals surface area contributed by atoms with Crippen molar-refractivity contribution in [2.24, 2.45) is 5.92 Å². The lowest BCUT2D eigenvalue weighted by atomic mass is 10.2. The first-order valence-corrected chi connectivity index (χ1v) is 10.2. The Morgan fingerprint density at radius 3 is 2.82 bits per heavy atom. The van der Waals surface area contributed by atoms with Crippen LogP contribution in [-0.2, 0) is 4.79 Å². The maximum atomic E-state index is 14.1. The topological polar surface area (TPSA) is 64.0 Å². The first-order valence-electron chi connectivity index (χ1n) is 9.21. The molecular weight excluding hydrogens is 377 g/mol. The number of hydrogen-bond donors (Lipinski definition) is 1. The van der Waals surface area contributed by atoms with Crippen LogP contribution in [0.1, 0.15) is 18.4 Å². The van der Waals surface area contributed by atoms with E-state index in [0.29, 0.717) is 39.8 Å². The molecule has 28 heavy (non-hydrogen) atoms. The molecule has 0 atom stereocenters. The van der Waals surface area contributed by atoms with Gasteiger partial charge in [0.1, 0.15) is 5.82 Å². The van der Waals surface area contributed by atoms with E-state index in [1.54, 1.807) is 43.3 Å². The molecule has 1 aromatic heterocycles. The van der Waals surface area contributed by atoms with Gasteiger partial charge in [-0.25, -0.2) is 9.37 Å². The molecule has 1 heterocycles. The number of hydrogen-bond acceptors (Lipinski definition) is 4. The Hall–Kier alpha value is -2.67. The molecule has 0 saturated heterocycles. The smallest absolute Gasteiger partial charge is 0.266 e. The number of rotatable bonds is 6. The van der Waals surface area contributed by atoms with Gasteiger partial charge in [0.15, 0.2) is 5.16 Å². The van der Waals surface area contributed by atoms with Gasteiger partial charge in [-0.15, -0.1) is 0 Å². The summed E-state index contributed by atoms with van der Waals surface area (Å²) in [5.74, 6) is 0.254. The van der Waals surface area contributed by atoms with Crippen molar-refractivity contribution in [2.75, 3.05) is 12.3 Å². The lowest BCUT2D eigenvalue weighted by molar-refractivity contribution is -0.118. The normalized spacial score (nSPS) is 13.6. The van der Waals surface area contributed by atoms with Gasteiger partial charge in [-0.05, 0) is 55.5 Å². The summed E-state index contributed by atoms with van der Waals surface area (Å²) >= 11 is 1.18. The zero-order valence-corrected chi connectivity index (χ0v) is 16.3.